The van der Waals surface area contributed by atoms with Crippen molar-refractivity contribution >= 4 is 35.1 Å². The minimum Gasteiger partial charge on any atom is -0.491 e. The number of rotatable bonds is 15. The molecule has 2 N–H and O–H groups in total. The maximum absolute atomic E-state index is 12.7. The predicted molar refractivity (Wildman–Crippen MR) is 149 cm³/mol. The number of hydrogen-bond donors (Lipinski definition) is 2. The van der Waals surface area contributed by atoms with Crippen molar-refractivity contribution in [2.24, 2.45) is 0 Å². The summed E-state index contributed by atoms with van der Waals surface area (Å²) in [5.74, 6) is -0.451. The first kappa shape index (κ1) is 30.5. The van der Waals surface area contributed by atoms with Crippen LogP contribution in [0.3, 0.4) is 0 Å². The van der Waals surface area contributed by atoms with E-state index in [0.717, 1.165) is 25.7 Å². The highest BCUT2D eigenvalue weighted by atomic mass is 32.1. The molecule has 1 aromatic rings. The van der Waals surface area contributed by atoms with Crippen molar-refractivity contribution in [1.82, 2.24) is 15.5 Å². The SMILES string of the molecule is CCCCCCCCCCOC(=O)CC1C(=O)NCCN1C(=S)NC(=O)c1ccc(OC(C)CC)cc1. The second kappa shape index (κ2) is 16.9. The molecule has 0 bridgehead atoms. The average molecular weight is 534 g/mol. The van der Waals surface area contributed by atoms with E-state index in [4.69, 9.17) is 21.7 Å². The van der Waals surface area contributed by atoms with Gasteiger partial charge in [0.1, 0.15) is 11.8 Å². The zero-order chi connectivity index (χ0) is 27.0. The van der Waals surface area contributed by atoms with Crippen LogP contribution < -0.4 is 15.4 Å². The van der Waals surface area contributed by atoms with Crippen molar-refractivity contribution < 1.29 is 23.9 Å². The van der Waals surface area contributed by atoms with Gasteiger partial charge in [0, 0.05) is 18.7 Å². The van der Waals surface area contributed by atoms with Crippen LogP contribution in [0, 0.1) is 0 Å². The number of unbranched alkanes of at least 4 members (excludes halogenated alkanes) is 7. The van der Waals surface area contributed by atoms with Gasteiger partial charge < -0.3 is 19.7 Å². The molecular formula is C28H43N3O5S. The molecule has 1 aromatic carbocycles. The minimum atomic E-state index is -0.820. The smallest absolute Gasteiger partial charge is 0.308 e. The van der Waals surface area contributed by atoms with Gasteiger partial charge in [0.05, 0.1) is 19.1 Å². The van der Waals surface area contributed by atoms with Gasteiger partial charge in [-0.25, -0.2) is 0 Å². The monoisotopic (exact) mass is 533 g/mol. The molecule has 2 unspecified atom stereocenters. The molecule has 1 aliphatic heterocycles. The van der Waals surface area contributed by atoms with Crippen molar-refractivity contribution in [3.63, 3.8) is 0 Å². The summed E-state index contributed by atoms with van der Waals surface area (Å²) in [6, 6.07) is 5.99. The fraction of sp³-hybridized carbons (Fsp3) is 0.643. The van der Waals surface area contributed by atoms with E-state index in [-0.39, 0.29) is 29.5 Å². The third-order valence-electron chi connectivity index (χ3n) is 6.46. The molecule has 2 atom stereocenters. The Morgan fingerprint density at radius 3 is 2.38 bits per heavy atom. The number of esters is 1. The maximum Gasteiger partial charge on any atom is 0.308 e. The third-order valence-corrected chi connectivity index (χ3v) is 6.80. The molecule has 8 nitrogen and oxygen atoms in total. The highest BCUT2D eigenvalue weighted by molar-refractivity contribution is 7.80. The summed E-state index contributed by atoms with van der Waals surface area (Å²) in [4.78, 5) is 39.3. The number of ether oxygens (including phenoxy) is 2. The molecule has 2 rings (SSSR count). The highest BCUT2D eigenvalue weighted by Crippen LogP contribution is 2.16. The first-order chi connectivity index (χ1) is 17.8. The largest absolute Gasteiger partial charge is 0.491 e. The van der Waals surface area contributed by atoms with Crippen LogP contribution in [0.25, 0.3) is 0 Å². The van der Waals surface area contributed by atoms with Crippen molar-refractivity contribution in [3.05, 3.63) is 29.8 Å². The zero-order valence-corrected chi connectivity index (χ0v) is 23.4. The lowest BCUT2D eigenvalue weighted by atomic mass is 10.1. The van der Waals surface area contributed by atoms with Crippen LogP contribution in [-0.2, 0) is 14.3 Å². The van der Waals surface area contributed by atoms with Crippen LogP contribution in [0.1, 0.15) is 95.3 Å². The number of piperazine rings is 1. The number of carbonyl (C=O) groups is 3. The first-order valence-corrected chi connectivity index (χ1v) is 14.1. The van der Waals surface area contributed by atoms with E-state index in [1.165, 1.54) is 32.1 Å². The van der Waals surface area contributed by atoms with Gasteiger partial charge in [-0.05, 0) is 56.2 Å². The van der Waals surface area contributed by atoms with Crippen molar-refractivity contribution in [2.75, 3.05) is 19.7 Å². The fourth-order valence-electron chi connectivity index (χ4n) is 4.04. The van der Waals surface area contributed by atoms with Crippen LogP contribution >= 0.6 is 12.2 Å². The standard InChI is InChI=1S/C28H43N3O5S/c1-4-6-7-8-9-10-11-12-19-35-25(32)20-24-27(34)29-17-18-31(24)28(37)30-26(33)22-13-15-23(16-14-22)36-21(3)5-2/h13-16,21,24H,4-12,17-20H2,1-3H3,(H,29,34)(H,30,33,37). The second-order valence-corrected chi connectivity index (χ2v) is 9.91. The topological polar surface area (TPSA) is 97.0 Å². The Balaban J connectivity index is 1.80. The van der Waals surface area contributed by atoms with E-state index in [1.807, 2.05) is 13.8 Å². The first-order valence-electron chi connectivity index (χ1n) is 13.7. The molecule has 1 fully saturated rings. The van der Waals surface area contributed by atoms with Crippen molar-refractivity contribution in [1.29, 1.82) is 0 Å². The number of amides is 2. The van der Waals surface area contributed by atoms with E-state index in [1.54, 1.807) is 29.2 Å². The van der Waals surface area contributed by atoms with E-state index in [9.17, 15) is 14.4 Å². The molecule has 0 aliphatic carbocycles. The van der Waals surface area contributed by atoms with Crippen molar-refractivity contribution in [2.45, 2.75) is 97.1 Å². The normalized spacial score (nSPS) is 16.0. The molecule has 1 aliphatic rings. The Labute approximate surface area is 226 Å². The van der Waals surface area contributed by atoms with E-state index in [2.05, 4.69) is 17.6 Å². The maximum atomic E-state index is 12.7. The summed E-state index contributed by atoms with van der Waals surface area (Å²) in [6.07, 6.45) is 10.1. The van der Waals surface area contributed by atoms with Gasteiger partial charge in [0.25, 0.3) is 5.91 Å². The van der Waals surface area contributed by atoms with Crippen LogP contribution in [0.4, 0.5) is 0 Å². The van der Waals surface area contributed by atoms with E-state index in [0.29, 0.717) is 31.0 Å². The Kier molecular flexibility index (Phi) is 14.0. The molecule has 0 radical (unpaired) electrons. The van der Waals surface area contributed by atoms with Crippen LogP contribution in [-0.4, -0.2) is 59.6 Å². The predicted octanol–water partition coefficient (Wildman–Crippen LogP) is 4.75. The van der Waals surface area contributed by atoms with Gasteiger partial charge in [-0.1, -0.05) is 58.8 Å². The van der Waals surface area contributed by atoms with Gasteiger partial charge in [-0.3, -0.25) is 19.7 Å². The number of nitrogens with zero attached hydrogens (tertiary/aromatic N) is 1. The average Bonchev–Trinajstić information content (AvgIpc) is 2.89. The fourth-order valence-corrected chi connectivity index (χ4v) is 4.35. The molecule has 206 valence electrons. The minimum absolute atomic E-state index is 0.0847. The molecule has 1 saturated heterocycles. The summed E-state index contributed by atoms with van der Waals surface area (Å²) in [7, 11) is 0. The Morgan fingerprint density at radius 2 is 1.73 bits per heavy atom. The third kappa shape index (κ3) is 11.1. The molecule has 37 heavy (non-hydrogen) atoms. The quantitative estimate of drug-likeness (QED) is 0.191. The van der Waals surface area contributed by atoms with Gasteiger partial charge >= 0.3 is 5.97 Å². The molecule has 1 heterocycles. The van der Waals surface area contributed by atoms with Crippen molar-refractivity contribution in [3.8, 4) is 5.75 Å². The number of thiocarbonyl (C=S) groups is 1. The molecule has 9 heteroatoms. The number of carbonyl (C=O) groups excluding carboxylic acids is 3. The molecule has 0 saturated carbocycles. The van der Waals surface area contributed by atoms with Crippen LogP contribution in [0.5, 0.6) is 5.75 Å². The Hall–Kier alpha value is -2.68. The summed E-state index contributed by atoms with van der Waals surface area (Å²) in [5.41, 5.74) is 0.418. The molecular weight excluding hydrogens is 490 g/mol. The van der Waals surface area contributed by atoms with Gasteiger partial charge in [-0.2, -0.15) is 0 Å². The van der Waals surface area contributed by atoms with Crippen LogP contribution in [0.2, 0.25) is 0 Å². The number of benzene rings is 1. The summed E-state index contributed by atoms with van der Waals surface area (Å²) in [6.45, 7) is 7.34. The summed E-state index contributed by atoms with van der Waals surface area (Å²) in [5, 5.41) is 5.57. The lowest BCUT2D eigenvalue weighted by molar-refractivity contribution is -0.147. The van der Waals surface area contributed by atoms with Gasteiger partial charge in [-0.15, -0.1) is 0 Å². The van der Waals surface area contributed by atoms with Gasteiger partial charge in [0.2, 0.25) is 5.91 Å². The number of nitrogens with one attached hydrogen (secondary N) is 2. The van der Waals surface area contributed by atoms with E-state index >= 15 is 0 Å². The summed E-state index contributed by atoms with van der Waals surface area (Å²) < 4.78 is 11.1. The lowest BCUT2D eigenvalue weighted by Gasteiger charge is -2.36. The lowest BCUT2D eigenvalue weighted by Crippen LogP contribution is -2.60. The Bertz CT molecular complexity index is 877. The number of hydrogen-bond acceptors (Lipinski definition) is 6. The highest BCUT2D eigenvalue weighted by Gasteiger charge is 2.34. The summed E-state index contributed by atoms with van der Waals surface area (Å²) >= 11 is 5.44. The van der Waals surface area contributed by atoms with Gasteiger partial charge in [0.15, 0.2) is 5.11 Å². The zero-order valence-electron chi connectivity index (χ0n) is 22.6. The second-order valence-electron chi connectivity index (χ2n) is 9.52. The molecule has 0 spiro atoms. The Morgan fingerprint density at radius 1 is 1.08 bits per heavy atom. The van der Waals surface area contributed by atoms with E-state index < -0.39 is 12.0 Å². The molecule has 0 aromatic heterocycles. The molecule has 2 amide bonds. The van der Waals surface area contributed by atoms with Crippen LogP contribution in [0.15, 0.2) is 24.3 Å².